The minimum atomic E-state index is -1.49. The van der Waals surface area contributed by atoms with Crippen molar-refractivity contribution < 1.29 is 29.0 Å². The molecule has 0 radical (unpaired) electrons. The molecule has 1 aliphatic rings. The Hall–Kier alpha value is -1.81. The molecule has 0 aliphatic carbocycles. The lowest BCUT2D eigenvalue weighted by Gasteiger charge is -2.25. The van der Waals surface area contributed by atoms with Gasteiger partial charge in [0, 0.05) is 5.41 Å². The van der Waals surface area contributed by atoms with E-state index in [1.807, 2.05) is 27.7 Å². The van der Waals surface area contributed by atoms with Crippen LogP contribution in [0.1, 0.15) is 54.4 Å². The molecule has 1 aliphatic heterocycles. The van der Waals surface area contributed by atoms with Crippen LogP contribution in [0.25, 0.3) is 0 Å². The Labute approximate surface area is 163 Å². The molecule has 0 fully saturated rings. The van der Waals surface area contributed by atoms with Crippen molar-refractivity contribution in [3.05, 3.63) is 0 Å². The van der Waals surface area contributed by atoms with Gasteiger partial charge in [-0.05, 0) is 32.0 Å². The summed E-state index contributed by atoms with van der Waals surface area (Å²) < 4.78 is 9.85. The first-order valence-electron chi connectivity index (χ1n) is 8.92. The molecule has 1 amide bonds. The van der Waals surface area contributed by atoms with E-state index in [0.717, 1.165) is 23.2 Å². The molecule has 27 heavy (non-hydrogen) atoms. The molecule has 0 aromatic rings. The van der Waals surface area contributed by atoms with Crippen LogP contribution < -0.4 is 5.32 Å². The monoisotopic (exact) mass is 403 g/mol. The molecule has 0 saturated carbocycles. The highest BCUT2D eigenvalue weighted by Crippen LogP contribution is 2.36. The van der Waals surface area contributed by atoms with Crippen molar-refractivity contribution in [2.45, 2.75) is 72.0 Å². The van der Waals surface area contributed by atoms with Gasteiger partial charge in [-0.3, -0.25) is 14.9 Å². The first-order valence-corrected chi connectivity index (χ1v) is 9.80. The van der Waals surface area contributed by atoms with E-state index in [2.05, 4.69) is 10.4 Å². The highest BCUT2D eigenvalue weighted by molar-refractivity contribution is 8.14. The van der Waals surface area contributed by atoms with E-state index in [1.54, 1.807) is 13.8 Å². The molecule has 0 spiro atoms. The fourth-order valence-corrected chi connectivity index (χ4v) is 3.39. The molecule has 2 N–H and O–H groups in total. The third kappa shape index (κ3) is 6.69. The zero-order chi connectivity index (χ0) is 20.8. The highest BCUT2D eigenvalue weighted by Gasteiger charge is 2.41. The van der Waals surface area contributed by atoms with Crippen LogP contribution in [0.3, 0.4) is 0 Å². The minimum absolute atomic E-state index is 0.250. The van der Waals surface area contributed by atoms with E-state index in [9.17, 15) is 14.4 Å². The molecule has 0 aromatic heterocycles. The number of amides is 1. The number of ether oxygens (including phenoxy) is 2. The van der Waals surface area contributed by atoms with Gasteiger partial charge in [0.2, 0.25) is 0 Å². The van der Waals surface area contributed by atoms with Crippen LogP contribution in [0.2, 0.25) is 0 Å². The highest BCUT2D eigenvalue weighted by atomic mass is 32.2. The molecule has 154 valence electrons. The molecule has 10 heteroatoms. The molecule has 0 aromatic carbocycles. The van der Waals surface area contributed by atoms with Crippen LogP contribution >= 0.6 is 11.8 Å². The molecule has 0 saturated heterocycles. The lowest BCUT2D eigenvalue weighted by Crippen LogP contribution is -2.51. The van der Waals surface area contributed by atoms with E-state index in [1.165, 1.54) is 0 Å². The molecule has 9 nitrogen and oxygen atoms in total. The summed E-state index contributed by atoms with van der Waals surface area (Å²) in [7, 11) is 0. The number of carboxylic acid groups (broad SMARTS) is 1. The molecule has 0 unspecified atom stereocenters. The minimum Gasteiger partial charge on any atom is -0.465 e. The number of hydrogen-bond acceptors (Lipinski definition) is 8. The topological polar surface area (TPSA) is 118 Å². The van der Waals surface area contributed by atoms with Crippen LogP contribution in [0.15, 0.2) is 5.10 Å². The smallest absolute Gasteiger partial charge is 0.465 e. The lowest BCUT2D eigenvalue weighted by atomic mass is 9.99. The van der Waals surface area contributed by atoms with Gasteiger partial charge in [0.25, 0.3) is 11.5 Å². The fraction of sp³-hybridized carbons (Fsp3) is 0.765. The van der Waals surface area contributed by atoms with Crippen molar-refractivity contribution in [3.63, 3.8) is 0 Å². The number of hydrogen-bond donors (Lipinski definition) is 2. The second-order valence-corrected chi connectivity index (χ2v) is 8.15. The average Bonchev–Trinajstić information content (AvgIpc) is 2.97. The van der Waals surface area contributed by atoms with Crippen molar-refractivity contribution in [1.29, 1.82) is 0 Å². The van der Waals surface area contributed by atoms with E-state index >= 15 is 0 Å². The van der Waals surface area contributed by atoms with Gasteiger partial charge in [-0.15, -0.1) is 0 Å². The number of rotatable bonds is 8. The van der Waals surface area contributed by atoms with Crippen molar-refractivity contribution in [2.24, 2.45) is 10.5 Å². The predicted molar refractivity (Wildman–Crippen MR) is 102 cm³/mol. The van der Waals surface area contributed by atoms with Crippen LogP contribution in [0.4, 0.5) is 4.79 Å². The zero-order valence-electron chi connectivity index (χ0n) is 16.6. The maximum Gasteiger partial charge on any atom is 0.508 e. The Bertz CT molecular complexity index is 590. The molecule has 3 atom stereocenters. The zero-order valence-corrected chi connectivity index (χ0v) is 17.5. The molecule has 0 bridgehead atoms. The van der Waals surface area contributed by atoms with Crippen molar-refractivity contribution in [3.8, 4) is 0 Å². The average molecular weight is 404 g/mol. The predicted octanol–water partition coefficient (Wildman–Crippen LogP) is 2.61. The summed E-state index contributed by atoms with van der Waals surface area (Å²) in [6.07, 6.45) is -0.253. The molecule has 1 rings (SSSR count). The van der Waals surface area contributed by atoms with Crippen LogP contribution in [-0.2, 0) is 19.1 Å². The summed E-state index contributed by atoms with van der Waals surface area (Å²) in [6, 6.07) is -1.41. The van der Waals surface area contributed by atoms with Gasteiger partial charge in [-0.2, -0.15) is 10.1 Å². The number of thioether (sulfide) groups is 1. The van der Waals surface area contributed by atoms with Crippen molar-refractivity contribution in [2.75, 3.05) is 6.61 Å². The SMILES string of the molecule is CCC[C@H](N[C@@H](C)C(=O)N1N=C(C(C)(C)C)S[C@H]1OC(=O)O)C(=O)OCC. The maximum atomic E-state index is 12.8. The second kappa shape index (κ2) is 9.93. The van der Waals surface area contributed by atoms with Crippen LogP contribution in [0.5, 0.6) is 0 Å². The third-order valence-corrected chi connectivity index (χ3v) is 5.06. The van der Waals surface area contributed by atoms with Crippen molar-refractivity contribution in [1.82, 2.24) is 10.3 Å². The maximum absolute atomic E-state index is 12.8. The summed E-state index contributed by atoms with van der Waals surface area (Å²) in [6.45, 7) is 11.2. The van der Waals surface area contributed by atoms with Gasteiger partial charge < -0.3 is 14.6 Å². The summed E-state index contributed by atoms with van der Waals surface area (Å²) in [5, 5.41) is 17.8. The Balaban J connectivity index is 2.95. The Morgan fingerprint density at radius 3 is 2.44 bits per heavy atom. The Kier molecular flexibility index (Phi) is 8.55. The first-order chi connectivity index (χ1) is 12.5. The first kappa shape index (κ1) is 23.2. The van der Waals surface area contributed by atoms with Crippen LogP contribution in [0, 0.1) is 5.41 Å². The summed E-state index contributed by atoms with van der Waals surface area (Å²) in [5.41, 5.74) is -1.47. The number of hydrazone groups is 1. The van der Waals surface area contributed by atoms with Crippen molar-refractivity contribution >= 4 is 34.8 Å². The second-order valence-electron chi connectivity index (χ2n) is 7.13. The van der Waals surface area contributed by atoms with E-state index in [4.69, 9.17) is 14.6 Å². The van der Waals surface area contributed by atoms with Gasteiger partial charge >= 0.3 is 12.1 Å². The standard InChI is InChI=1S/C17H29N3O6S/c1-7-9-11(13(22)25-8-2)18-10(3)12(21)20-15(26-16(23)24)27-14(19-20)17(4,5)6/h10-11,15,18H,7-9H2,1-6H3,(H,23,24)/t10-,11-,15+/m0/s1. The summed E-state index contributed by atoms with van der Waals surface area (Å²) in [5.74, 6) is -0.912. The number of carbonyl (C=O) groups excluding carboxylic acids is 2. The quantitative estimate of drug-likeness (QED) is 0.594. The van der Waals surface area contributed by atoms with E-state index < -0.39 is 35.7 Å². The number of nitrogens with zero attached hydrogens (tertiary/aromatic N) is 2. The number of carbonyl (C=O) groups is 3. The Morgan fingerprint density at radius 2 is 1.96 bits per heavy atom. The molecular formula is C17H29N3O6S. The molecule has 1 heterocycles. The van der Waals surface area contributed by atoms with Gasteiger partial charge in [0.1, 0.15) is 11.1 Å². The number of nitrogens with one attached hydrogen (secondary N) is 1. The van der Waals surface area contributed by atoms with Gasteiger partial charge in [0.15, 0.2) is 0 Å². The summed E-state index contributed by atoms with van der Waals surface area (Å²) in [4.78, 5) is 35.9. The van der Waals surface area contributed by atoms with Gasteiger partial charge in [-0.25, -0.2) is 4.79 Å². The lowest BCUT2D eigenvalue weighted by molar-refractivity contribution is -0.147. The van der Waals surface area contributed by atoms with E-state index in [-0.39, 0.29) is 12.0 Å². The normalized spacial score (nSPS) is 19.3. The Morgan fingerprint density at radius 1 is 1.33 bits per heavy atom. The fourth-order valence-electron chi connectivity index (χ4n) is 2.33. The molecular weight excluding hydrogens is 374 g/mol. The van der Waals surface area contributed by atoms with Gasteiger partial charge in [0.05, 0.1) is 12.6 Å². The third-order valence-electron chi connectivity index (χ3n) is 3.65. The summed E-state index contributed by atoms with van der Waals surface area (Å²) >= 11 is 1.08. The van der Waals surface area contributed by atoms with Crippen LogP contribution in [-0.4, -0.2) is 57.4 Å². The number of esters is 1. The largest absolute Gasteiger partial charge is 0.508 e. The van der Waals surface area contributed by atoms with E-state index in [0.29, 0.717) is 11.5 Å². The van der Waals surface area contributed by atoms with Gasteiger partial charge in [-0.1, -0.05) is 34.1 Å².